The molecule has 5 N–H and O–H groups in total. The van der Waals surface area contributed by atoms with E-state index in [0.29, 0.717) is 59.8 Å². The van der Waals surface area contributed by atoms with Crippen molar-refractivity contribution in [2.24, 2.45) is 25.0 Å². The Hall–Kier alpha value is -13.5. The molecule has 0 spiro atoms. The van der Waals surface area contributed by atoms with Gasteiger partial charge in [-0.1, -0.05) is 239 Å². The lowest BCUT2D eigenvalue weighted by atomic mass is 10.0. The third-order valence-electron chi connectivity index (χ3n) is 21.7. The zero-order valence-electron chi connectivity index (χ0n) is 77.8. The van der Waals surface area contributed by atoms with Gasteiger partial charge in [-0.25, -0.2) is 33.7 Å². The fraction of sp³-hybridized carbons (Fsp3) is 0.130. The molecule has 5 amide bonds. The smallest absolute Gasteiger partial charge is 0.251 e. The van der Waals surface area contributed by atoms with Crippen molar-refractivity contribution in [1.82, 2.24) is 26.6 Å². The molecule has 20 rings (SSSR count). The summed E-state index contributed by atoms with van der Waals surface area (Å²) in [5, 5.41) is 16.6. The summed E-state index contributed by atoms with van der Waals surface area (Å²) < 4.78 is 27.3. The molecule has 140 heavy (non-hydrogen) atoms. The quantitative estimate of drug-likeness (QED) is 0.0656. The lowest BCUT2D eigenvalue weighted by molar-refractivity contribution is 0.0934. The molecule has 15 nitrogen and oxygen atoms in total. The molecule has 0 fully saturated rings. The summed E-state index contributed by atoms with van der Waals surface area (Å²) in [5.41, 5.74) is 20.2. The van der Waals surface area contributed by atoms with Crippen molar-refractivity contribution in [2.45, 2.75) is 148 Å². The predicted octanol–water partition coefficient (Wildman–Crippen LogP) is 29.5. The van der Waals surface area contributed by atoms with Crippen molar-refractivity contribution < 1.29 is 32.8 Å². The highest BCUT2D eigenvalue weighted by Gasteiger charge is 2.29. The van der Waals surface area contributed by atoms with E-state index in [2.05, 4.69) is 63.0 Å². The fourth-order valence-electron chi connectivity index (χ4n) is 15.4. The Kier molecular flexibility index (Phi) is 32.4. The first kappa shape index (κ1) is 99.5. The highest BCUT2D eigenvalue weighted by molar-refractivity contribution is 8.00. The van der Waals surface area contributed by atoms with Crippen LogP contribution in [-0.2, 0) is 0 Å². The van der Waals surface area contributed by atoms with Gasteiger partial charge < -0.3 is 26.6 Å². The van der Waals surface area contributed by atoms with Crippen LogP contribution in [0.5, 0.6) is 0 Å². The maximum Gasteiger partial charge on any atom is 0.251 e. The molecule has 5 aliphatic rings. The van der Waals surface area contributed by atoms with E-state index in [1.165, 1.54) is 24.3 Å². The first-order chi connectivity index (χ1) is 67.6. The normalized spacial score (nSPS) is 12.6. The number of fused-ring (bicyclic) bond motifs is 10. The van der Waals surface area contributed by atoms with Crippen molar-refractivity contribution in [3.8, 4) is 0 Å². The maximum absolute atomic E-state index is 13.9. The summed E-state index contributed by atoms with van der Waals surface area (Å²) in [6, 6.07) is 105. The molecule has 0 saturated carbocycles. The molecule has 0 aliphatic carbocycles. The van der Waals surface area contributed by atoms with Gasteiger partial charge in [0.15, 0.2) is 0 Å². The van der Waals surface area contributed by atoms with Gasteiger partial charge in [-0.2, -0.15) is 0 Å². The summed E-state index contributed by atoms with van der Waals surface area (Å²) in [4.78, 5) is 97.4. The van der Waals surface area contributed by atoms with E-state index in [4.69, 9.17) is 59.8 Å². The number of rotatable bonds is 15. The summed E-state index contributed by atoms with van der Waals surface area (Å²) >= 11 is 27.0. The van der Waals surface area contributed by atoms with Crippen LogP contribution < -0.4 is 26.6 Å². The minimum absolute atomic E-state index is 0.0521. The van der Waals surface area contributed by atoms with Gasteiger partial charge in [0.05, 0.1) is 57.0 Å². The average molecular weight is 2000 g/mol. The first-order valence-electron chi connectivity index (χ1n) is 45.4. The van der Waals surface area contributed by atoms with E-state index in [1.54, 1.807) is 83.1 Å². The van der Waals surface area contributed by atoms with Gasteiger partial charge >= 0.3 is 0 Å². The molecule has 0 radical (unpaired) electrons. The highest BCUT2D eigenvalue weighted by atomic mass is 35.5. The SMILES string of the molecule is CC(C)NC(=O)c1ccc2c(c1)N=C(c1ccc(Cl)cc1)c1ccccc1S2.CC(C)NC(=O)c1ccc2c(c1)N=C(c1ccc(F)cc1)c1ccccc1S2.CC(C)NC(=O)c1ccc2c(c1)N=C(c1cccc(Cl)c1)c1ccccc1S2.CC(C)NC(=O)c1ccc2c(c1)N=C(c1cccc(F)c1)c1ccccc1S2.CC(C)NC(=O)c1ccc2c(c1)N=C(c1ccccc1Cl)c1ccccc1S2. The Bertz CT molecular complexity index is 7100. The topological polar surface area (TPSA) is 207 Å². The Morgan fingerprint density at radius 1 is 0.229 bits per heavy atom. The van der Waals surface area contributed by atoms with Crippen LogP contribution in [0.3, 0.4) is 0 Å². The minimum Gasteiger partial charge on any atom is -0.350 e. The van der Waals surface area contributed by atoms with E-state index >= 15 is 0 Å². The lowest BCUT2D eigenvalue weighted by Gasteiger charge is -2.10. The van der Waals surface area contributed by atoms with E-state index in [0.717, 1.165) is 145 Å². The second-order valence-electron chi connectivity index (χ2n) is 34.4. The van der Waals surface area contributed by atoms with E-state index < -0.39 is 0 Å². The Balaban J connectivity index is 0.000000126. The van der Waals surface area contributed by atoms with Gasteiger partial charge in [0.2, 0.25) is 0 Å². The zero-order chi connectivity index (χ0) is 98.4. The Labute approximate surface area is 849 Å². The molecular formula is C115H95Cl3F2N10O5S5. The third kappa shape index (κ3) is 24.7. The maximum atomic E-state index is 13.9. The van der Waals surface area contributed by atoms with Gasteiger partial charge in [0, 0.05) is 178 Å². The molecule has 5 aliphatic heterocycles. The predicted molar refractivity (Wildman–Crippen MR) is 572 cm³/mol. The lowest BCUT2D eigenvalue weighted by Crippen LogP contribution is -2.29. The standard InChI is InChI=1S/3C23H19ClN2OS.2C23H19FN2OS/c1-14(2)25-23(27)15-11-12-21-19(13-15)26-22(16-7-3-5-9-18(16)24)17-8-4-6-10-20(17)28-21;1-14(2)25-23(27)16-10-11-21-19(13-16)26-22(15-6-5-7-17(24)12-15)18-8-3-4-9-20(18)28-21;1-14(2)25-23(27)16-9-12-21-19(13-16)26-22(15-7-10-17(24)11-8-15)18-5-3-4-6-20(18)28-21;1-14(2)25-23(27)16-10-11-21-19(13-16)26-22(15-6-5-7-17(24)12-15)18-8-3-4-9-20(18)28-21;1-14(2)25-23(27)16-9-12-21-19(13-16)26-22(15-7-10-17(24)11-8-15)18-5-3-4-6-20(18)28-21/h5*3-14H,1-2H3,(H,25,27). The van der Waals surface area contributed by atoms with E-state index in [1.807, 2.05) is 318 Å². The van der Waals surface area contributed by atoms with Gasteiger partial charge in [-0.05, 0) is 257 Å². The Morgan fingerprint density at radius 2 is 0.486 bits per heavy atom. The van der Waals surface area contributed by atoms with Crippen LogP contribution in [0.4, 0.5) is 37.2 Å². The van der Waals surface area contributed by atoms with Crippen molar-refractivity contribution in [2.75, 3.05) is 0 Å². The number of aliphatic imine (C=N–C) groups is 5. The summed E-state index contributed by atoms with van der Waals surface area (Å²) in [7, 11) is 0. The van der Waals surface area contributed by atoms with E-state index in [-0.39, 0.29) is 71.4 Å². The molecule has 0 aromatic heterocycles. The molecule has 25 heteroatoms. The van der Waals surface area contributed by atoms with E-state index in [9.17, 15) is 32.8 Å². The van der Waals surface area contributed by atoms with Crippen molar-refractivity contribution in [1.29, 1.82) is 0 Å². The average Bonchev–Trinajstić information content (AvgIpc) is 1.66. The number of carbonyl (C=O) groups is 5. The van der Waals surface area contributed by atoms with Gasteiger partial charge in [-0.3, -0.25) is 24.0 Å². The first-order valence-corrected chi connectivity index (χ1v) is 50.6. The molecule has 5 heterocycles. The molecule has 15 aromatic carbocycles. The molecule has 0 atom stereocenters. The van der Waals surface area contributed by atoms with Crippen LogP contribution >= 0.6 is 93.6 Å². The van der Waals surface area contributed by atoms with Crippen molar-refractivity contribution in [3.05, 3.63) is 444 Å². The van der Waals surface area contributed by atoms with Crippen molar-refractivity contribution >= 4 is 180 Å². The molecule has 15 aromatic rings. The number of benzene rings is 15. The second-order valence-corrected chi connectivity index (χ2v) is 41.1. The number of hydrogen-bond donors (Lipinski definition) is 5. The minimum atomic E-state index is -0.306. The van der Waals surface area contributed by atoms with Gasteiger partial charge in [-0.15, -0.1) is 0 Å². The molecule has 0 unspecified atom stereocenters. The van der Waals surface area contributed by atoms with Crippen LogP contribution in [-0.4, -0.2) is 88.3 Å². The van der Waals surface area contributed by atoms with Crippen LogP contribution in [0, 0.1) is 11.6 Å². The monoisotopic (exact) mass is 2000 g/mol. The van der Waals surface area contributed by atoms with Crippen LogP contribution in [0.25, 0.3) is 0 Å². The molecule has 0 saturated heterocycles. The largest absolute Gasteiger partial charge is 0.350 e. The summed E-state index contributed by atoms with van der Waals surface area (Å²) in [5.74, 6) is -1.13. The second kappa shape index (κ2) is 45.6. The number of carbonyl (C=O) groups excluding carboxylic acids is 5. The zero-order valence-corrected chi connectivity index (χ0v) is 84.2. The molecule has 0 bridgehead atoms. The number of amides is 5. The van der Waals surface area contributed by atoms with Crippen molar-refractivity contribution in [3.63, 3.8) is 0 Å². The Morgan fingerprint density at radius 3 is 0.779 bits per heavy atom. The molecule has 700 valence electrons. The number of nitrogens with one attached hydrogen (secondary N) is 5. The van der Waals surface area contributed by atoms with Gasteiger partial charge in [0.1, 0.15) is 11.6 Å². The van der Waals surface area contributed by atoms with Crippen LogP contribution in [0.15, 0.2) is 408 Å². The van der Waals surface area contributed by atoms with Crippen LogP contribution in [0.2, 0.25) is 15.1 Å². The summed E-state index contributed by atoms with van der Waals surface area (Å²) in [6.45, 7) is 19.4. The fourth-order valence-corrected chi connectivity index (χ4v) is 20.9. The number of hydrogen-bond acceptors (Lipinski definition) is 15. The third-order valence-corrected chi connectivity index (χ3v) is 28.3. The molecular weight excluding hydrogens is 1910 g/mol. The number of halogens is 5. The number of nitrogens with zero attached hydrogens (tertiary/aromatic N) is 5. The van der Waals surface area contributed by atoms with Gasteiger partial charge in [0.25, 0.3) is 29.5 Å². The highest BCUT2D eigenvalue weighted by Crippen LogP contribution is 2.48. The summed E-state index contributed by atoms with van der Waals surface area (Å²) in [6.07, 6.45) is 0. The van der Waals surface area contributed by atoms with Crippen LogP contribution in [0.1, 0.15) is 177 Å².